The smallest absolute Gasteiger partial charge is 0.188 e. The SMILES string of the molecule is CC[C@H]1CC[C@H](C2([C@@]3(F)C=C[C@@H](COC[C@@H]4C=C[C@](F)(C5([C@H]6CC[C@H](CC)CC6)CCCCC5)C(F)=C4F)C(F)=C3F)CCCCC2)CC1. The molecule has 4 atom stereocenters. The van der Waals surface area contributed by atoms with E-state index in [1.807, 2.05) is 0 Å². The monoisotopic (exact) mass is 694 g/mol. The van der Waals surface area contributed by atoms with E-state index in [1.165, 1.54) is 24.3 Å². The Balaban J connectivity index is 1.13. The standard InChI is InChI=1S/C42H60F6O/c1-3-29-11-15-33(16-12-29)39(21-7-5-8-22-39)41(47)25-19-31(35(43)37(41)45)27-49-28-32-20-26-42(48,38(46)36(32)44)40(23-9-6-10-24-40)34-17-13-30(4-2)14-18-34/h19-20,25-26,29-34H,3-18,21-24,27-28H2,1-2H3/t29-,30-,31-,32-,33-,34-,41+,42+/m0/s1. The Labute approximate surface area is 291 Å². The van der Waals surface area contributed by atoms with Crippen LogP contribution in [0, 0.1) is 46.3 Å². The van der Waals surface area contributed by atoms with Gasteiger partial charge in [0.25, 0.3) is 0 Å². The maximum Gasteiger partial charge on any atom is 0.188 e. The van der Waals surface area contributed by atoms with E-state index in [0.717, 1.165) is 103 Å². The molecule has 0 heterocycles. The van der Waals surface area contributed by atoms with Crippen molar-refractivity contribution in [3.63, 3.8) is 0 Å². The van der Waals surface area contributed by atoms with E-state index in [2.05, 4.69) is 13.8 Å². The Morgan fingerprint density at radius 3 is 1.22 bits per heavy atom. The van der Waals surface area contributed by atoms with Gasteiger partial charge in [-0.05, 0) is 87.2 Å². The highest BCUT2D eigenvalue weighted by Crippen LogP contribution is 2.63. The fourth-order valence-corrected chi connectivity index (χ4v) is 11.6. The summed E-state index contributed by atoms with van der Waals surface area (Å²) >= 11 is 0. The van der Waals surface area contributed by atoms with Gasteiger partial charge >= 0.3 is 0 Å². The van der Waals surface area contributed by atoms with Gasteiger partial charge in [0.1, 0.15) is 11.7 Å². The molecule has 7 heteroatoms. The van der Waals surface area contributed by atoms with Crippen LogP contribution in [0.1, 0.15) is 142 Å². The van der Waals surface area contributed by atoms with Crippen molar-refractivity contribution in [1.29, 1.82) is 0 Å². The Hall–Kier alpha value is -1.50. The van der Waals surface area contributed by atoms with E-state index in [9.17, 15) is 0 Å². The lowest BCUT2D eigenvalue weighted by Crippen LogP contribution is -2.52. The van der Waals surface area contributed by atoms with Crippen LogP contribution in [-0.4, -0.2) is 24.6 Å². The van der Waals surface area contributed by atoms with Crippen molar-refractivity contribution in [2.45, 2.75) is 154 Å². The predicted molar refractivity (Wildman–Crippen MR) is 185 cm³/mol. The van der Waals surface area contributed by atoms with Crippen molar-refractivity contribution >= 4 is 0 Å². The molecular weight excluding hydrogens is 634 g/mol. The van der Waals surface area contributed by atoms with E-state index in [4.69, 9.17) is 4.74 Å². The number of rotatable bonds is 10. The zero-order valence-corrected chi connectivity index (χ0v) is 30.0. The summed E-state index contributed by atoms with van der Waals surface area (Å²) in [7, 11) is 0. The van der Waals surface area contributed by atoms with Gasteiger partial charge in [0.2, 0.25) is 0 Å². The molecule has 4 fully saturated rings. The highest BCUT2D eigenvalue weighted by Gasteiger charge is 2.61. The van der Waals surface area contributed by atoms with E-state index >= 15 is 26.3 Å². The number of halogens is 6. The molecule has 0 radical (unpaired) electrons. The van der Waals surface area contributed by atoms with Crippen molar-refractivity contribution in [3.05, 3.63) is 47.6 Å². The molecule has 0 N–H and O–H groups in total. The second-order valence-corrected chi connectivity index (χ2v) is 16.9. The molecule has 1 nitrogen and oxygen atoms in total. The van der Waals surface area contributed by atoms with Gasteiger partial charge in [-0.1, -0.05) is 103 Å². The minimum Gasteiger partial charge on any atom is -0.379 e. The molecule has 0 amide bonds. The number of hydrogen-bond acceptors (Lipinski definition) is 1. The molecule has 0 aromatic heterocycles. The summed E-state index contributed by atoms with van der Waals surface area (Å²) in [6.07, 6.45) is 22.1. The van der Waals surface area contributed by atoms with Crippen LogP contribution in [0.2, 0.25) is 0 Å². The van der Waals surface area contributed by atoms with Crippen molar-refractivity contribution in [3.8, 4) is 0 Å². The summed E-state index contributed by atoms with van der Waals surface area (Å²) in [5.74, 6) is -6.11. The number of hydrogen-bond donors (Lipinski definition) is 0. The first kappa shape index (κ1) is 37.3. The molecule has 0 aromatic carbocycles. The lowest BCUT2D eigenvalue weighted by Gasteiger charge is -2.53. The van der Waals surface area contributed by atoms with Crippen molar-refractivity contribution < 1.29 is 31.1 Å². The highest BCUT2D eigenvalue weighted by atomic mass is 19.2. The van der Waals surface area contributed by atoms with Crippen LogP contribution in [0.3, 0.4) is 0 Å². The van der Waals surface area contributed by atoms with Gasteiger partial charge in [-0.2, -0.15) is 0 Å². The Morgan fingerprint density at radius 1 is 0.551 bits per heavy atom. The third-order valence-electron chi connectivity index (χ3n) is 14.8. The lowest BCUT2D eigenvalue weighted by molar-refractivity contribution is -0.0616. The third-order valence-corrected chi connectivity index (χ3v) is 14.8. The molecule has 0 aromatic rings. The maximum absolute atomic E-state index is 17.1. The molecule has 4 saturated carbocycles. The molecule has 0 bridgehead atoms. The second kappa shape index (κ2) is 15.2. The quantitative estimate of drug-likeness (QED) is 0.163. The Kier molecular flexibility index (Phi) is 11.6. The van der Waals surface area contributed by atoms with Crippen molar-refractivity contribution in [2.75, 3.05) is 13.2 Å². The molecule has 0 spiro atoms. The summed E-state index contributed by atoms with van der Waals surface area (Å²) in [6, 6.07) is 0. The van der Waals surface area contributed by atoms with Gasteiger partial charge < -0.3 is 4.74 Å². The molecular formula is C42H60F6O. The van der Waals surface area contributed by atoms with Gasteiger partial charge in [-0.25, -0.2) is 26.3 Å². The number of ether oxygens (including phenoxy) is 1. The van der Waals surface area contributed by atoms with E-state index in [-0.39, 0.29) is 25.0 Å². The lowest BCUT2D eigenvalue weighted by atomic mass is 9.53. The molecule has 6 aliphatic rings. The largest absolute Gasteiger partial charge is 0.379 e. The summed E-state index contributed by atoms with van der Waals surface area (Å²) in [5, 5.41) is 0. The molecule has 0 saturated heterocycles. The zero-order chi connectivity index (χ0) is 34.9. The van der Waals surface area contributed by atoms with Gasteiger partial charge in [0, 0.05) is 10.8 Å². The zero-order valence-electron chi connectivity index (χ0n) is 30.0. The van der Waals surface area contributed by atoms with E-state index < -0.39 is 57.3 Å². The van der Waals surface area contributed by atoms with Crippen LogP contribution in [-0.2, 0) is 4.74 Å². The maximum atomic E-state index is 17.1. The van der Waals surface area contributed by atoms with Crippen LogP contribution < -0.4 is 0 Å². The number of allylic oxidation sites excluding steroid dienone is 4. The summed E-state index contributed by atoms with van der Waals surface area (Å²) in [5.41, 5.74) is -6.93. The van der Waals surface area contributed by atoms with Gasteiger partial charge in [-0.15, -0.1) is 0 Å². The van der Waals surface area contributed by atoms with Crippen molar-refractivity contribution in [1.82, 2.24) is 0 Å². The van der Waals surface area contributed by atoms with Gasteiger partial charge in [-0.3, -0.25) is 0 Å². The Morgan fingerprint density at radius 2 is 0.898 bits per heavy atom. The summed E-state index contributed by atoms with van der Waals surface area (Å²) in [4.78, 5) is 0. The first-order chi connectivity index (χ1) is 23.5. The first-order valence-corrected chi connectivity index (χ1v) is 20.0. The molecule has 6 rings (SSSR count). The summed E-state index contributed by atoms with van der Waals surface area (Å²) in [6.45, 7) is 3.66. The highest BCUT2D eigenvalue weighted by molar-refractivity contribution is 5.37. The van der Waals surface area contributed by atoms with Crippen molar-refractivity contribution in [2.24, 2.45) is 46.3 Å². The molecule has 0 unspecified atom stereocenters. The third kappa shape index (κ3) is 6.56. The minimum atomic E-state index is -2.50. The second-order valence-electron chi connectivity index (χ2n) is 16.9. The van der Waals surface area contributed by atoms with Crippen LogP contribution >= 0.6 is 0 Å². The van der Waals surface area contributed by atoms with Crippen LogP contribution in [0.4, 0.5) is 26.3 Å². The molecule has 276 valence electrons. The van der Waals surface area contributed by atoms with Gasteiger partial charge in [0.15, 0.2) is 23.0 Å². The fourth-order valence-electron chi connectivity index (χ4n) is 11.6. The number of alkyl halides is 2. The minimum absolute atomic E-state index is 0.00101. The fraction of sp³-hybridized carbons (Fsp3) is 0.810. The van der Waals surface area contributed by atoms with E-state index in [0.29, 0.717) is 37.5 Å². The van der Waals surface area contributed by atoms with Crippen LogP contribution in [0.25, 0.3) is 0 Å². The average Bonchev–Trinajstić information content (AvgIpc) is 3.15. The van der Waals surface area contributed by atoms with Gasteiger partial charge in [0.05, 0.1) is 25.0 Å². The summed E-state index contributed by atoms with van der Waals surface area (Å²) < 4.78 is 103. The predicted octanol–water partition coefficient (Wildman–Crippen LogP) is 13.4. The normalized spacial score (nSPS) is 39.8. The molecule has 0 aliphatic heterocycles. The Bertz CT molecular complexity index is 1160. The molecule has 6 aliphatic carbocycles. The first-order valence-electron chi connectivity index (χ1n) is 20.0. The average molecular weight is 695 g/mol. The topological polar surface area (TPSA) is 9.23 Å². The molecule has 49 heavy (non-hydrogen) atoms. The van der Waals surface area contributed by atoms with Crippen LogP contribution in [0.15, 0.2) is 47.6 Å². The van der Waals surface area contributed by atoms with E-state index in [1.54, 1.807) is 0 Å². The van der Waals surface area contributed by atoms with Crippen LogP contribution in [0.5, 0.6) is 0 Å².